The number of esters is 1. The highest BCUT2D eigenvalue weighted by Crippen LogP contribution is 2.00. The summed E-state index contributed by atoms with van der Waals surface area (Å²) in [5, 5.41) is 0. The van der Waals surface area contributed by atoms with E-state index in [1.54, 1.807) is 25.2 Å². The molecule has 0 fully saturated rings. The maximum Gasteiger partial charge on any atom is 0.333 e. The molecular formula is C11H14O2. The fourth-order valence-electron chi connectivity index (χ4n) is 0.599. The second-order valence-corrected chi connectivity index (χ2v) is 2.54. The molecule has 0 saturated heterocycles. The van der Waals surface area contributed by atoms with Gasteiger partial charge < -0.3 is 4.74 Å². The van der Waals surface area contributed by atoms with Crippen molar-refractivity contribution in [2.45, 2.75) is 6.92 Å². The summed E-state index contributed by atoms with van der Waals surface area (Å²) in [6, 6.07) is 0. The van der Waals surface area contributed by atoms with Crippen LogP contribution in [0.2, 0.25) is 0 Å². The third-order valence-electron chi connectivity index (χ3n) is 1.31. The van der Waals surface area contributed by atoms with Gasteiger partial charge in [-0.3, -0.25) is 0 Å². The lowest BCUT2D eigenvalue weighted by Crippen LogP contribution is -2.07. The summed E-state index contributed by atoms with van der Waals surface area (Å²) in [5.74, 6) is -0.392. The van der Waals surface area contributed by atoms with E-state index in [2.05, 4.69) is 19.7 Å². The molecule has 0 aliphatic rings. The summed E-state index contributed by atoms with van der Waals surface area (Å²) in [7, 11) is 0. The van der Waals surface area contributed by atoms with Crippen molar-refractivity contribution in [3.8, 4) is 0 Å². The molecule has 0 rings (SSSR count). The maximum atomic E-state index is 11.0. The normalized spacial score (nSPS) is 10.4. The van der Waals surface area contributed by atoms with E-state index in [1.165, 1.54) is 0 Å². The second-order valence-electron chi connectivity index (χ2n) is 2.54. The van der Waals surface area contributed by atoms with Gasteiger partial charge in [-0.2, -0.15) is 0 Å². The van der Waals surface area contributed by atoms with Crippen molar-refractivity contribution >= 4 is 5.97 Å². The summed E-state index contributed by atoms with van der Waals surface area (Å²) < 4.78 is 4.88. The Hall–Kier alpha value is -1.57. The lowest BCUT2D eigenvalue weighted by atomic mass is 10.2. The zero-order chi connectivity index (χ0) is 10.3. The number of carbonyl (C=O) groups is 1. The Labute approximate surface area is 78.9 Å². The maximum absolute atomic E-state index is 11.0. The average molecular weight is 178 g/mol. The zero-order valence-corrected chi connectivity index (χ0v) is 7.88. The first-order valence-electron chi connectivity index (χ1n) is 3.88. The van der Waals surface area contributed by atoms with Gasteiger partial charge in [-0.1, -0.05) is 38.0 Å². The van der Waals surface area contributed by atoms with Crippen LogP contribution >= 0.6 is 0 Å². The molecule has 0 spiro atoms. The minimum absolute atomic E-state index is 0.210. The van der Waals surface area contributed by atoms with Gasteiger partial charge >= 0.3 is 5.97 Å². The van der Waals surface area contributed by atoms with Crippen LogP contribution in [0.4, 0.5) is 0 Å². The van der Waals surface area contributed by atoms with Crippen LogP contribution in [0.5, 0.6) is 0 Å². The van der Waals surface area contributed by atoms with Crippen LogP contribution < -0.4 is 0 Å². The number of hydrogen-bond acceptors (Lipinski definition) is 2. The second kappa shape index (κ2) is 6.00. The third kappa shape index (κ3) is 4.80. The van der Waals surface area contributed by atoms with Gasteiger partial charge in [0, 0.05) is 5.57 Å². The highest BCUT2D eigenvalue weighted by Gasteiger charge is 2.02. The molecule has 0 atom stereocenters. The Morgan fingerprint density at radius 1 is 1.46 bits per heavy atom. The van der Waals surface area contributed by atoms with Gasteiger partial charge in [0.2, 0.25) is 0 Å². The van der Waals surface area contributed by atoms with Crippen molar-refractivity contribution in [3.05, 3.63) is 49.1 Å². The first kappa shape index (κ1) is 11.4. The zero-order valence-electron chi connectivity index (χ0n) is 7.88. The van der Waals surface area contributed by atoms with Crippen LogP contribution in [-0.4, -0.2) is 12.6 Å². The average Bonchev–Trinajstić information content (AvgIpc) is 2.11. The number of hydrogen-bond donors (Lipinski definition) is 0. The fourth-order valence-corrected chi connectivity index (χ4v) is 0.599. The minimum atomic E-state index is -0.392. The van der Waals surface area contributed by atoms with E-state index in [1.807, 2.05) is 0 Å². The van der Waals surface area contributed by atoms with Crippen LogP contribution in [0.1, 0.15) is 6.92 Å². The predicted molar refractivity (Wildman–Crippen MR) is 54.3 cm³/mol. The topological polar surface area (TPSA) is 26.3 Å². The van der Waals surface area contributed by atoms with E-state index in [9.17, 15) is 4.79 Å². The molecule has 0 aliphatic heterocycles. The van der Waals surface area contributed by atoms with Gasteiger partial charge in [0.1, 0.15) is 6.61 Å². The third-order valence-corrected chi connectivity index (χ3v) is 1.31. The minimum Gasteiger partial charge on any atom is -0.457 e. The summed E-state index contributed by atoms with van der Waals surface area (Å²) in [4.78, 5) is 11.0. The molecule has 13 heavy (non-hydrogen) atoms. The Bertz CT molecular complexity index is 259. The van der Waals surface area contributed by atoms with Gasteiger partial charge in [-0.25, -0.2) is 4.79 Å². The quantitative estimate of drug-likeness (QED) is 0.367. The summed E-state index contributed by atoms with van der Waals surface area (Å²) in [5.41, 5.74) is 1.20. The number of carbonyl (C=O) groups excluding carboxylic acids is 1. The van der Waals surface area contributed by atoms with Crippen LogP contribution in [0.3, 0.4) is 0 Å². The number of ether oxygens (including phenoxy) is 1. The van der Waals surface area contributed by atoms with Crippen molar-refractivity contribution in [2.24, 2.45) is 0 Å². The van der Waals surface area contributed by atoms with Crippen molar-refractivity contribution < 1.29 is 9.53 Å². The van der Waals surface area contributed by atoms with Gasteiger partial charge in [0.25, 0.3) is 0 Å². The Balaban J connectivity index is 4.07. The molecule has 2 nitrogen and oxygen atoms in total. The van der Waals surface area contributed by atoms with E-state index >= 15 is 0 Å². The lowest BCUT2D eigenvalue weighted by molar-refractivity contribution is -0.137. The molecule has 0 unspecified atom stereocenters. The molecule has 70 valence electrons. The summed E-state index contributed by atoms with van der Waals surface area (Å²) >= 11 is 0. The molecule has 0 aromatic heterocycles. The predicted octanol–water partition coefficient (Wildman–Crippen LogP) is 2.40. The van der Waals surface area contributed by atoms with Gasteiger partial charge in [0.05, 0.1) is 0 Å². The molecule has 0 aromatic carbocycles. The fraction of sp³-hybridized carbons (Fsp3) is 0.182. The molecule has 0 heterocycles. The Morgan fingerprint density at radius 2 is 2.08 bits per heavy atom. The van der Waals surface area contributed by atoms with Crippen molar-refractivity contribution in [2.75, 3.05) is 6.61 Å². The van der Waals surface area contributed by atoms with E-state index < -0.39 is 5.97 Å². The molecule has 0 amide bonds. The molecule has 0 radical (unpaired) electrons. The van der Waals surface area contributed by atoms with Crippen LogP contribution in [0, 0.1) is 0 Å². The van der Waals surface area contributed by atoms with Crippen molar-refractivity contribution in [1.29, 1.82) is 0 Å². The van der Waals surface area contributed by atoms with Crippen LogP contribution in [0.15, 0.2) is 49.1 Å². The molecule has 0 bridgehead atoms. The smallest absolute Gasteiger partial charge is 0.333 e. The number of allylic oxidation sites excluding steroid dienone is 2. The first-order chi connectivity index (χ1) is 6.11. The monoisotopic (exact) mass is 178 g/mol. The molecule has 0 aliphatic carbocycles. The van der Waals surface area contributed by atoms with Crippen LogP contribution in [-0.2, 0) is 9.53 Å². The first-order valence-corrected chi connectivity index (χ1v) is 3.88. The Morgan fingerprint density at radius 3 is 2.46 bits per heavy atom. The van der Waals surface area contributed by atoms with Gasteiger partial charge in [-0.15, -0.1) is 0 Å². The van der Waals surface area contributed by atoms with Gasteiger partial charge in [0.15, 0.2) is 0 Å². The van der Waals surface area contributed by atoms with E-state index in [4.69, 9.17) is 4.74 Å². The molecule has 0 saturated carbocycles. The van der Waals surface area contributed by atoms with Crippen molar-refractivity contribution in [1.82, 2.24) is 0 Å². The summed E-state index contributed by atoms with van der Waals surface area (Å²) in [6.07, 6.45) is 4.97. The largest absolute Gasteiger partial charge is 0.457 e. The standard InChI is InChI=1S/C11H14O2/c1-5-7-10(6-2)8-13-11(12)9(3)4/h5-7H,1-3,8H2,4H3/b10-7+. The Kier molecular flexibility index (Phi) is 5.28. The molecule has 0 N–H and O–H groups in total. The van der Waals surface area contributed by atoms with E-state index in [0.717, 1.165) is 5.57 Å². The number of rotatable bonds is 5. The summed E-state index contributed by atoms with van der Waals surface area (Å²) in [6.45, 7) is 12.4. The van der Waals surface area contributed by atoms with E-state index in [0.29, 0.717) is 5.57 Å². The van der Waals surface area contributed by atoms with Gasteiger partial charge in [-0.05, 0) is 12.5 Å². The molecular weight excluding hydrogens is 164 g/mol. The van der Waals surface area contributed by atoms with E-state index in [-0.39, 0.29) is 6.61 Å². The highest BCUT2D eigenvalue weighted by atomic mass is 16.5. The molecule has 2 heteroatoms. The highest BCUT2D eigenvalue weighted by molar-refractivity contribution is 5.87. The molecule has 0 aromatic rings. The SMILES string of the molecule is C=C/C=C(\C=C)COC(=O)C(=C)C. The van der Waals surface area contributed by atoms with Crippen molar-refractivity contribution in [3.63, 3.8) is 0 Å². The lowest BCUT2D eigenvalue weighted by Gasteiger charge is -2.03. The van der Waals surface area contributed by atoms with Crippen LogP contribution in [0.25, 0.3) is 0 Å².